The van der Waals surface area contributed by atoms with Crippen molar-refractivity contribution in [2.45, 2.75) is 13.0 Å². The third-order valence-electron chi connectivity index (χ3n) is 3.70. The van der Waals surface area contributed by atoms with Gasteiger partial charge < -0.3 is 14.8 Å². The standard InChI is InChI=1S/C18H13ClFNO4/c1-9(18(23)24)25-11-3-5-13-14(8-17(22)21-16(13)7-11)12-4-2-10(20)6-15(12)19/h2-9H,1H3,(H,21,22)(H,23,24)/t9-/m1/s1. The zero-order valence-corrected chi connectivity index (χ0v) is 13.8. The number of nitrogens with one attached hydrogen (secondary N) is 1. The van der Waals surface area contributed by atoms with E-state index in [0.29, 0.717) is 27.8 Å². The molecule has 7 heteroatoms. The van der Waals surface area contributed by atoms with Crippen molar-refractivity contribution in [2.24, 2.45) is 0 Å². The highest BCUT2D eigenvalue weighted by Crippen LogP contribution is 2.33. The molecule has 128 valence electrons. The highest BCUT2D eigenvalue weighted by atomic mass is 35.5. The summed E-state index contributed by atoms with van der Waals surface area (Å²) in [6.45, 7) is 1.41. The van der Waals surface area contributed by atoms with Crippen LogP contribution in [-0.4, -0.2) is 22.2 Å². The van der Waals surface area contributed by atoms with E-state index < -0.39 is 17.9 Å². The number of pyridine rings is 1. The van der Waals surface area contributed by atoms with Crippen molar-refractivity contribution in [3.8, 4) is 16.9 Å². The molecule has 0 fully saturated rings. The van der Waals surface area contributed by atoms with E-state index in [1.807, 2.05) is 0 Å². The largest absolute Gasteiger partial charge is 0.479 e. The maximum absolute atomic E-state index is 13.3. The molecule has 0 aliphatic carbocycles. The molecule has 0 aliphatic heterocycles. The zero-order valence-electron chi connectivity index (χ0n) is 13.0. The Morgan fingerprint density at radius 2 is 1.96 bits per heavy atom. The molecule has 1 atom stereocenters. The lowest BCUT2D eigenvalue weighted by Gasteiger charge is -2.13. The van der Waals surface area contributed by atoms with Gasteiger partial charge in [0, 0.05) is 23.1 Å². The molecular formula is C18H13ClFNO4. The first kappa shape index (κ1) is 17.0. The predicted octanol–water partition coefficient (Wildman–Crippen LogP) is 3.84. The first-order chi connectivity index (χ1) is 11.8. The second-order valence-corrected chi connectivity index (χ2v) is 5.88. The number of aromatic amines is 1. The van der Waals surface area contributed by atoms with Crippen LogP contribution in [0, 0.1) is 5.82 Å². The van der Waals surface area contributed by atoms with Gasteiger partial charge in [0.05, 0.1) is 10.5 Å². The molecular weight excluding hydrogens is 349 g/mol. The van der Waals surface area contributed by atoms with Crippen LogP contribution in [0.2, 0.25) is 5.02 Å². The maximum atomic E-state index is 13.3. The Balaban J connectivity index is 2.14. The number of fused-ring (bicyclic) bond motifs is 1. The molecule has 3 aromatic rings. The summed E-state index contributed by atoms with van der Waals surface area (Å²) in [7, 11) is 0. The van der Waals surface area contributed by atoms with Gasteiger partial charge in [-0.3, -0.25) is 4.79 Å². The third kappa shape index (κ3) is 3.49. The molecule has 3 rings (SSSR count). The van der Waals surface area contributed by atoms with Gasteiger partial charge in [-0.15, -0.1) is 0 Å². The number of H-pyrrole nitrogens is 1. The maximum Gasteiger partial charge on any atom is 0.344 e. The molecule has 25 heavy (non-hydrogen) atoms. The van der Waals surface area contributed by atoms with Crippen LogP contribution in [0.5, 0.6) is 5.75 Å². The summed E-state index contributed by atoms with van der Waals surface area (Å²) >= 11 is 6.11. The number of rotatable bonds is 4. The summed E-state index contributed by atoms with van der Waals surface area (Å²) < 4.78 is 18.6. The summed E-state index contributed by atoms with van der Waals surface area (Å²) in [5, 5.41) is 9.77. The van der Waals surface area contributed by atoms with Gasteiger partial charge in [-0.2, -0.15) is 0 Å². The molecule has 2 aromatic carbocycles. The lowest BCUT2D eigenvalue weighted by Crippen LogP contribution is -2.22. The second kappa shape index (κ2) is 6.57. The van der Waals surface area contributed by atoms with E-state index in [4.69, 9.17) is 21.4 Å². The normalized spacial score (nSPS) is 12.1. The minimum atomic E-state index is -1.10. The Hall–Kier alpha value is -2.86. The van der Waals surface area contributed by atoms with Crippen molar-refractivity contribution in [2.75, 3.05) is 0 Å². The van der Waals surface area contributed by atoms with Gasteiger partial charge in [-0.05, 0) is 42.8 Å². The van der Waals surface area contributed by atoms with Gasteiger partial charge in [0.15, 0.2) is 6.10 Å². The van der Waals surface area contributed by atoms with Gasteiger partial charge in [0.2, 0.25) is 5.56 Å². The highest BCUT2D eigenvalue weighted by Gasteiger charge is 2.14. The summed E-state index contributed by atoms with van der Waals surface area (Å²) in [5.74, 6) is -1.26. The minimum Gasteiger partial charge on any atom is -0.479 e. The number of hydrogen-bond acceptors (Lipinski definition) is 3. The first-order valence-electron chi connectivity index (χ1n) is 7.37. The molecule has 0 amide bonds. The van der Waals surface area contributed by atoms with Gasteiger partial charge >= 0.3 is 5.97 Å². The smallest absolute Gasteiger partial charge is 0.344 e. The summed E-state index contributed by atoms with van der Waals surface area (Å²) in [6.07, 6.45) is -1.03. The lowest BCUT2D eigenvalue weighted by atomic mass is 10.0. The SMILES string of the molecule is C[C@@H](Oc1ccc2c(-c3ccc(F)cc3Cl)cc(=O)[nH]c2c1)C(=O)O. The monoisotopic (exact) mass is 361 g/mol. The fourth-order valence-electron chi connectivity index (χ4n) is 2.50. The Kier molecular flexibility index (Phi) is 4.46. The van der Waals surface area contributed by atoms with Crippen molar-refractivity contribution in [1.82, 2.24) is 4.98 Å². The Morgan fingerprint density at radius 1 is 1.20 bits per heavy atom. The Labute approximate surface area is 146 Å². The van der Waals surface area contributed by atoms with E-state index in [-0.39, 0.29) is 10.6 Å². The second-order valence-electron chi connectivity index (χ2n) is 5.48. The predicted molar refractivity (Wildman–Crippen MR) is 92.7 cm³/mol. The molecule has 0 bridgehead atoms. The number of ether oxygens (including phenoxy) is 1. The Bertz CT molecular complexity index is 1030. The summed E-state index contributed by atoms with van der Waals surface area (Å²) in [4.78, 5) is 25.6. The van der Waals surface area contributed by atoms with E-state index >= 15 is 0 Å². The van der Waals surface area contributed by atoms with Crippen LogP contribution in [0.15, 0.2) is 47.3 Å². The van der Waals surface area contributed by atoms with Crippen molar-refractivity contribution in [3.63, 3.8) is 0 Å². The molecule has 5 nitrogen and oxygen atoms in total. The van der Waals surface area contributed by atoms with Crippen LogP contribution in [0.1, 0.15) is 6.92 Å². The summed E-state index contributed by atoms with van der Waals surface area (Å²) in [5.41, 5.74) is 1.15. The topological polar surface area (TPSA) is 79.4 Å². The molecule has 0 saturated carbocycles. The Morgan fingerprint density at radius 3 is 2.64 bits per heavy atom. The number of aromatic nitrogens is 1. The van der Waals surface area contributed by atoms with Crippen molar-refractivity contribution in [1.29, 1.82) is 0 Å². The van der Waals surface area contributed by atoms with E-state index in [0.717, 1.165) is 0 Å². The van der Waals surface area contributed by atoms with E-state index in [9.17, 15) is 14.0 Å². The highest BCUT2D eigenvalue weighted by molar-refractivity contribution is 6.33. The molecule has 1 heterocycles. The number of hydrogen-bond donors (Lipinski definition) is 2. The number of aliphatic carboxylic acids is 1. The van der Waals surface area contributed by atoms with Crippen molar-refractivity contribution in [3.05, 3.63) is 63.7 Å². The van der Waals surface area contributed by atoms with E-state index in [1.165, 1.54) is 37.3 Å². The van der Waals surface area contributed by atoms with Crippen LogP contribution in [0.25, 0.3) is 22.0 Å². The van der Waals surface area contributed by atoms with Crippen molar-refractivity contribution >= 4 is 28.5 Å². The number of carboxylic acids is 1. The number of benzene rings is 2. The van der Waals surface area contributed by atoms with E-state index in [1.54, 1.807) is 12.1 Å². The summed E-state index contributed by atoms with van der Waals surface area (Å²) in [6, 6.07) is 10.1. The average Bonchev–Trinajstić information content (AvgIpc) is 2.53. The van der Waals surface area contributed by atoms with Gasteiger partial charge in [0.25, 0.3) is 0 Å². The van der Waals surface area contributed by atoms with Crippen molar-refractivity contribution < 1.29 is 19.0 Å². The number of carbonyl (C=O) groups is 1. The van der Waals surface area contributed by atoms with Gasteiger partial charge in [0.1, 0.15) is 11.6 Å². The van der Waals surface area contributed by atoms with Crippen LogP contribution in [-0.2, 0) is 4.79 Å². The fourth-order valence-corrected chi connectivity index (χ4v) is 2.77. The molecule has 1 aromatic heterocycles. The number of carboxylic acid groups (broad SMARTS) is 1. The minimum absolute atomic E-state index is 0.187. The van der Waals surface area contributed by atoms with Crippen LogP contribution in [0.4, 0.5) is 4.39 Å². The lowest BCUT2D eigenvalue weighted by molar-refractivity contribution is -0.144. The average molecular weight is 362 g/mol. The molecule has 0 aliphatic rings. The molecule has 0 radical (unpaired) electrons. The quantitative estimate of drug-likeness (QED) is 0.740. The van der Waals surface area contributed by atoms with Gasteiger partial charge in [-0.25, -0.2) is 9.18 Å². The fraction of sp³-hybridized carbons (Fsp3) is 0.111. The van der Waals surface area contributed by atoms with Crippen LogP contribution >= 0.6 is 11.6 Å². The van der Waals surface area contributed by atoms with Crippen LogP contribution < -0.4 is 10.3 Å². The number of halogens is 2. The molecule has 0 saturated heterocycles. The van der Waals surface area contributed by atoms with Crippen LogP contribution in [0.3, 0.4) is 0 Å². The molecule has 0 unspecified atom stereocenters. The first-order valence-corrected chi connectivity index (χ1v) is 7.75. The third-order valence-corrected chi connectivity index (χ3v) is 4.01. The van der Waals surface area contributed by atoms with E-state index in [2.05, 4.69) is 4.98 Å². The zero-order chi connectivity index (χ0) is 18.1. The van der Waals surface area contributed by atoms with Gasteiger partial charge in [-0.1, -0.05) is 11.6 Å². The molecule has 2 N–H and O–H groups in total. The molecule has 0 spiro atoms.